The van der Waals surface area contributed by atoms with Crippen LogP contribution in [0.2, 0.25) is 0 Å². The summed E-state index contributed by atoms with van der Waals surface area (Å²) in [5, 5.41) is 6.27. The van der Waals surface area contributed by atoms with E-state index in [4.69, 9.17) is 18.9 Å². The standard InChI is InChI=1S/C34H50N2O8/c1-3-30(37)41-17-22-5-9-24(10-6-22)19-43-32(39)35-21-34-16-29(27-15-26(34)13-14-28(27)34)36-33(40)44-20-25-11-7-23(8-12-25)18-42-31(38)4-2/h3-4,22-29H,1-2,5-21H2,(H,35,39)(H,36,40). The summed E-state index contributed by atoms with van der Waals surface area (Å²) in [6.07, 6.45) is 13.7. The lowest BCUT2D eigenvalue weighted by molar-refractivity contribution is -0.140. The van der Waals surface area contributed by atoms with Gasteiger partial charge >= 0.3 is 24.1 Å². The molecule has 0 aromatic rings. The van der Waals surface area contributed by atoms with Gasteiger partial charge in [0.1, 0.15) is 0 Å². The first-order valence-corrected chi connectivity index (χ1v) is 16.7. The molecule has 2 N–H and O–H groups in total. The zero-order chi connectivity index (χ0) is 31.1. The van der Waals surface area contributed by atoms with Gasteiger partial charge in [-0.25, -0.2) is 19.2 Å². The molecule has 5 atom stereocenters. The third-order valence-electron chi connectivity index (χ3n) is 11.5. The third kappa shape index (κ3) is 7.78. The monoisotopic (exact) mass is 614 g/mol. The quantitative estimate of drug-likeness (QED) is 0.162. The molecule has 44 heavy (non-hydrogen) atoms. The highest BCUT2D eigenvalue weighted by molar-refractivity contribution is 5.81. The van der Waals surface area contributed by atoms with Gasteiger partial charge in [-0.05, 0) is 124 Å². The van der Waals surface area contributed by atoms with E-state index in [-0.39, 0.29) is 35.6 Å². The van der Waals surface area contributed by atoms with Crippen LogP contribution in [-0.2, 0) is 28.5 Å². The van der Waals surface area contributed by atoms with E-state index in [2.05, 4.69) is 23.8 Å². The lowest BCUT2D eigenvalue weighted by Gasteiger charge is -2.36. The van der Waals surface area contributed by atoms with Crippen molar-refractivity contribution in [1.29, 1.82) is 0 Å². The zero-order valence-corrected chi connectivity index (χ0v) is 26.0. The fourth-order valence-electron chi connectivity index (χ4n) is 9.09. The van der Waals surface area contributed by atoms with Crippen molar-refractivity contribution in [3.63, 3.8) is 0 Å². The SMILES string of the molecule is C=CC(=O)OCC1CCC(COC(=O)NCC23CC(NC(=O)OCC4CCC(COC(=O)C=C)CC4)C4CC2CCC43)CC1. The Kier molecular flexibility index (Phi) is 10.9. The van der Waals surface area contributed by atoms with Gasteiger partial charge in [0.15, 0.2) is 0 Å². The molecule has 4 bridgehead atoms. The van der Waals surface area contributed by atoms with Gasteiger partial charge in [0.25, 0.3) is 0 Å². The van der Waals surface area contributed by atoms with E-state index in [1.54, 1.807) is 0 Å². The molecule has 0 aliphatic heterocycles. The lowest BCUT2D eigenvalue weighted by atomic mass is 9.74. The maximum Gasteiger partial charge on any atom is 0.407 e. The topological polar surface area (TPSA) is 129 Å². The second-order valence-electron chi connectivity index (χ2n) is 14.0. The normalized spacial score (nSPS) is 35.3. The van der Waals surface area contributed by atoms with Crippen LogP contribution in [0, 0.1) is 46.8 Å². The average Bonchev–Trinajstić information content (AvgIpc) is 3.66. The number of alkyl carbamates (subject to hydrolysis) is 2. The van der Waals surface area contributed by atoms with Crippen LogP contribution in [0.3, 0.4) is 0 Å². The molecule has 0 heterocycles. The largest absolute Gasteiger partial charge is 0.462 e. The summed E-state index contributed by atoms with van der Waals surface area (Å²) in [5.41, 5.74) is 0.0238. The second-order valence-corrected chi connectivity index (χ2v) is 14.0. The van der Waals surface area contributed by atoms with Crippen LogP contribution in [0.25, 0.3) is 0 Å². The van der Waals surface area contributed by atoms with Crippen molar-refractivity contribution in [3.8, 4) is 0 Å². The lowest BCUT2D eigenvalue weighted by Crippen LogP contribution is -2.45. The fraction of sp³-hybridized carbons (Fsp3) is 0.765. The van der Waals surface area contributed by atoms with Crippen LogP contribution in [0.1, 0.15) is 77.0 Å². The molecule has 10 heteroatoms. The highest BCUT2D eigenvalue weighted by Crippen LogP contribution is 2.68. The van der Waals surface area contributed by atoms with Gasteiger partial charge < -0.3 is 29.6 Å². The number of ether oxygens (including phenoxy) is 4. The number of esters is 2. The molecule has 0 radical (unpaired) electrons. The molecule has 0 aromatic carbocycles. The molecule has 5 aliphatic rings. The molecular weight excluding hydrogens is 564 g/mol. The number of hydrogen-bond acceptors (Lipinski definition) is 8. The van der Waals surface area contributed by atoms with E-state index in [0.29, 0.717) is 74.4 Å². The van der Waals surface area contributed by atoms with Crippen LogP contribution in [0.5, 0.6) is 0 Å². The maximum absolute atomic E-state index is 12.8. The molecule has 5 rings (SSSR count). The van der Waals surface area contributed by atoms with Crippen LogP contribution in [0.15, 0.2) is 25.3 Å². The molecule has 0 saturated heterocycles. The predicted molar refractivity (Wildman–Crippen MR) is 162 cm³/mol. The summed E-state index contributed by atoms with van der Waals surface area (Å²) in [7, 11) is 0. The molecule has 244 valence electrons. The predicted octanol–water partition coefficient (Wildman–Crippen LogP) is 5.31. The molecule has 10 nitrogen and oxygen atoms in total. The Hall–Kier alpha value is -3.04. The molecule has 2 amide bonds. The summed E-state index contributed by atoms with van der Waals surface area (Å²) in [6, 6.07) is 0.0816. The van der Waals surface area contributed by atoms with E-state index in [0.717, 1.165) is 70.6 Å². The van der Waals surface area contributed by atoms with Gasteiger partial charge in [0, 0.05) is 24.7 Å². The van der Waals surface area contributed by atoms with Gasteiger partial charge in [-0.1, -0.05) is 13.2 Å². The highest BCUT2D eigenvalue weighted by Gasteiger charge is 2.66. The van der Waals surface area contributed by atoms with Crippen molar-refractivity contribution >= 4 is 24.1 Å². The third-order valence-corrected chi connectivity index (χ3v) is 11.5. The summed E-state index contributed by atoms with van der Waals surface area (Å²) < 4.78 is 21.7. The number of carbonyl (C=O) groups excluding carboxylic acids is 4. The van der Waals surface area contributed by atoms with Crippen molar-refractivity contribution in [1.82, 2.24) is 10.6 Å². The summed E-state index contributed by atoms with van der Waals surface area (Å²) in [6.45, 7) is 9.13. The molecule has 5 fully saturated rings. The Morgan fingerprint density at radius 1 is 0.659 bits per heavy atom. The summed E-state index contributed by atoms with van der Waals surface area (Å²) in [5.74, 6) is 2.16. The first kappa shape index (κ1) is 32.4. The van der Waals surface area contributed by atoms with E-state index >= 15 is 0 Å². The van der Waals surface area contributed by atoms with Crippen LogP contribution >= 0.6 is 0 Å². The molecule has 5 unspecified atom stereocenters. The van der Waals surface area contributed by atoms with Gasteiger partial charge in [0.2, 0.25) is 0 Å². The molecule has 5 saturated carbocycles. The Morgan fingerprint density at radius 2 is 1.14 bits per heavy atom. The second kappa shape index (κ2) is 14.8. The maximum atomic E-state index is 12.8. The van der Waals surface area contributed by atoms with Crippen molar-refractivity contribution in [3.05, 3.63) is 25.3 Å². The van der Waals surface area contributed by atoms with Crippen molar-refractivity contribution in [2.45, 2.75) is 83.1 Å². The van der Waals surface area contributed by atoms with E-state index < -0.39 is 0 Å². The number of hydrogen-bond donors (Lipinski definition) is 2. The fourth-order valence-corrected chi connectivity index (χ4v) is 9.09. The number of carbonyl (C=O) groups is 4. The van der Waals surface area contributed by atoms with Crippen LogP contribution in [-0.4, -0.2) is 63.1 Å². The first-order valence-electron chi connectivity index (χ1n) is 16.7. The Morgan fingerprint density at radius 3 is 1.64 bits per heavy atom. The first-order chi connectivity index (χ1) is 21.3. The van der Waals surface area contributed by atoms with E-state index in [1.807, 2.05) is 0 Å². The Bertz CT molecular complexity index is 1060. The number of rotatable bonds is 13. The Labute approximate surface area is 261 Å². The van der Waals surface area contributed by atoms with Gasteiger partial charge in [0.05, 0.1) is 26.4 Å². The summed E-state index contributed by atoms with van der Waals surface area (Å²) >= 11 is 0. The van der Waals surface area contributed by atoms with Crippen LogP contribution < -0.4 is 10.6 Å². The minimum Gasteiger partial charge on any atom is -0.462 e. The van der Waals surface area contributed by atoms with Gasteiger partial charge in [-0.15, -0.1) is 0 Å². The molecule has 0 aromatic heterocycles. The highest BCUT2D eigenvalue weighted by atomic mass is 16.6. The minimum atomic E-state index is -0.380. The smallest absolute Gasteiger partial charge is 0.407 e. The molecular formula is C34H50N2O8. The number of amides is 2. The van der Waals surface area contributed by atoms with E-state index in [9.17, 15) is 19.2 Å². The zero-order valence-electron chi connectivity index (χ0n) is 26.0. The average molecular weight is 615 g/mol. The van der Waals surface area contributed by atoms with Crippen molar-refractivity contribution in [2.75, 3.05) is 33.0 Å². The van der Waals surface area contributed by atoms with E-state index in [1.165, 1.54) is 18.6 Å². The minimum absolute atomic E-state index is 0.0238. The van der Waals surface area contributed by atoms with Crippen molar-refractivity contribution < 1.29 is 38.1 Å². The number of nitrogens with one attached hydrogen (secondary N) is 2. The molecule has 5 aliphatic carbocycles. The van der Waals surface area contributed by atoms with Crippen LogP contribution in [0.4, 0.5) is 9.59 Å². The van der Waals surface area contributed by atoms with Gasteiger partial charge in [-0.2, -0.15) is 0 Å². The Balaban J connectivity index is 0.983. The van der Waals surface area contributed by atoms with Gasteiger partial charge in [-0.3, -0.25) is 0 Å². The molecule has 0 spiro atoms. The summed E-state index contributed by atoms with van der Waals surface area (Å²) in [4.78, 5) is 48.1. The van der Waals surface area contributed by atoms with Crippen molar-refractivity contribution in [2.24, 2.45) is 46.8 Å².